The summed E-state index contributed by atoms with van der Waals surface area (Å²) in [5, 5.41) is 3.61. The molecule has 0 heterocycles. The lowest BCUT2D eigenvalue weighted by Gasteiger charge is -2.26. The first-order chi connectivity index (χ1) is 6.49. The van der Waals surface area contributed by atoms with Crippen LogP contribution in [0.4, 0.5) is 0 Å². The van der Waals surface area contributed by atoms with Crippen molar-refractivity contribution in [3.63, 3.8) is 0 Å². The molecule has 1 heteroatoms. The van der Waals surface area contributed by atoms with Crippen molar-refractivity contribution in [2.75, 3.05) is 6.54 Å². The van der Waals surface area contributed by atoms with Crippen molar-refractivity contribution in [2.24, 2.45) is 5.41 Å². The Balaban J connectivity index is 3.89. The second-order valence-electron chi connectivity index (χ2n) is 5.28. The van der Waals surface area contributed by atoms with Gasteiger partial charge in [-0.05, 0) is 37.6 Å². The van der Waals surface area contributed by atoms with Crippen LogP contribution in [0.3, 0.4) is 0 Å². The lowest BCUT2D eigenvalue weighted by Crippen LogP contribution is -2.33. The van der Waals surface area contributed by atoms with Gasteiger partial charge in [-0.3, -0.25) is 0 Å². The zero-order valence-electron chi connectivity index (χ0n) is 10.4. The molecule has 0 aromatic heterocycles. The van der Waals surface area contributed by atoms with Crippen LogP contribution in [-0.2, 0) is 0 Å². The molecule has 0 bridgehead atoms. The van der Waals surface area contributed by atoms with Gasteiger partial charge in [0.05, 0.1) is 0 Å². The molecular formula is C13H27N. The van der Waals surface area contributed by atoms with Gasteiger partial charge < -0.3 is 5.32 Å². The van der Waals surface area contributed by atoms with Gasteiger partial charge in [0.1, 0.15) is 0 Å². The first-order valence-electron chi connectivity index (χ1n) is 5.84. The molecule has 1 atom stereocenters. The van der Waals surface area contributed by atoms with Crippen molar-refractivity contribution in [3.8, 4) is 0 Å². The van der Waals surface area contributed by atoms with Gasteiger partial charge in [0, 0.05) is 6.04 Å². The van der Waals surface area contributed by atoms with E-state index in [0.717, 1.165) is 13.0 Å². The van der Waals surface area contributed by atoms with E-state index in [-0.39, 0.29) is 0 Å². The predicted octanol–water partition coefficient (Wildman–Crippen LogP) is 3.76. The van der Waals surface area contributed by atoms with Crippen molar-refractivity contribution < 1.29 is 0 Å². The second kappa shape index (κ2) is 7.05. The zero-order chi connectivity index (χ0) is 11.0. The van der Waals surface area contributed by atoms with E-state index in [2.05, 4.69) is 39.6 Å². The number of rotatable bonds is 7. The molecule has 84 valence electrons. The Kier molecular flexibility index (Phi) is 6.90. The van der Waals surface area contributed by atoms with E-state index < -0.39 is 0 Å². The molecule has 0 saturated heterocycles. The summed E-state index contributed by atoms with van der Waals surface area (Å²) in [7, 11) is 0. The number of allylic oxidation sites excluding steroid dienone is 1. The van der Waals surface area contributed by atoms with Crippen LogP contribution < -0.4 is 5.32 Å². The molecule has 1 unspecified atom stereocenters. The summed E-state index contributed by atoms with van der Waals surface area (Å²) in [5.41, 5.74) is 0.423. The molecule has 0 aliphatic carbocycles. The standard InChI is InChI=1S/C13H27N/c1-6-8-9-12(14-10-7-2)11-13(3,4)5/h6,12,14H,1,7-11H2,2-5H3. The van der Waals surface area contributed by atoms with Gasteiger partial charge in [-0.1, -0.05) is 33.8 Å². The second-order valence-corrected chi connectivity index (χ2v) is 5.28. The van der Waals surface area contributed by atoms with Gasteiger partial charge >= 0.3 is 0 Å². The number of hydrogen-bond donors (Lipinski definition) is 1. The van der Waals surface area contributed by atoms with E-state index in [0.29, 0.717) is 11.5 Å². The summed E-state index contributed by atoms with van der Waals surface area (Å²) < 4.78 is 0. The third kappa shape index (κ3) is 8.31. The van der Waals surface area contributed by atoms with Gasteiger partial charge in [-0.2, -0.15) is 0 Å². The highest BCUT2D eigenvalue weighted by atomic mass is 14.9. The van der Waals surface area contributed by atoms with E-state index >= 15 is 0 Å². The van der Waals surface area contributed by atoms with Gasteiger partial charge in [-0.15, -0.1) is 6.58 Å². The normalized spacial score (nSPS) is 14.0. The molecule has 0 rings (SSSR count). The molecule has 0 aliphatic heterocycles. The Bertz CT molecular complexity index is 144. The third-order valence-corrected chi connectivity index (χ3v) is 2.26. The molecule has 0 radical (unpaired) electrons. The lowest BCUT2D eigenvalue weighted by atomic mass is 9.86. The van der Waals surface area contributed by atoms with Gasteiger partial charge in [0.2, 0.25) is 0 Å². The molecule has 0 aromatic rings. The summed E-state index contributed by atoms with van der Waals surface area (Å²) in [6.45, 7) is 14.1. The molecular weight excluding hydrogens is 170 g/mol. The van der Waals surface area contributed by atoms with E-state index in [4.69, 9.17) is 0 Å². The average Bonchev–Trinajstić information content (AvgIpc) is 2.07. The van der Waals surface area contributed by atoms with E-state index in [1.54, 1.807) is 0 Å². The highest BCUT2D eigenvalue weighted by Gasteiger charge is 2.17. The number of hydrogen-bond acceptors (Lipinski definition) is 1. The monoisotopic (exact) mass is 197 g/mol. The maximum absolute atomic E-state index is 3.78. The summed E-state index contributed by atoms with van der Waals surface area (Å²) in [5.74, 6) is 0. The van der Waals surface area contributed by atoms with Crippen molar-refractivity contribution in [3.05, 3.63) is 12.7 Å². The Hall–Kier alpha value is -0.300. The van der Waals surface area contributed by atoms with Crippen LogP contribution in [0.25, 0.3) is 0 Å². The van der Waals surface area contributed by atoms with Crippen molar-refractivity contribution in [1.82, 2.24) is 5.32 Å². The maximum Gasteiger partial charge on any atom is 0.00749 e. The largest absolute Gasteiger partial charge is 0.314 e. The smallest absolute Gasteiger partial charge is 0.00749 e. The lowest BCUT2D eigenvalue weighted by molar-refractivity contribution is 0.299. The summed E-state index contributed by atoms with van der Waals surface area (Å²) in [6.07, 6.45) is 6.83. The molecule has 0 aliphatic rings. The summed E-state index contributed by atoms with van der Waals surface area (Å²) in [6, 6.07) is 0.660. The molecule has 0 aromatic carbocycles. The van der Waals surface area contributed by atoms with Crippen molar-refractivity contribution in [2.45, 2.75) is 59.4 Å². The van der Waals surface area contributed by atoms with Crippen LogP contribution in [0.5, 0.6) is 0 Å². The van der Waals surface area contributed by atoms with Crippen LogP contribution in [0.15, 0.2) is 12.7 Å². The Morgan fingerprint density at radius 2 is 2.00 bits per heavy atom. The first-order valence-corrected chi connectivity index (χ1v) is 5.84. The van der Waals surface area contributed by atoms with Crippen LogP contribution in [0, 0.1) is 5.41 Å². The minimum atomic E-state index is 0.423. The van der Waals surface area contributed by atoms with Crippen molar-refractivity contribution >= 4 is 0 Å². The van der Waals surface area contributed by atoms with Crippen LogP contribution in [-0.4, -0.2) is 12.6 Å². The van der Waals surface area contributed by atoms with Crippen molar-refractivity contribution in [1.29, 1.82) is 0 Å². The third-order valence-electron chi connectivity index (χ3n) is 2.26. The van der Waals surface area contributed by atoms with E-state index in [9.17, 15) is 0 Å². The molecule has 1 N–H and O–H groups in total. The van der Waals surface area contributed by atoms with E-state index in [1.165, 1.54) is 19.3 Å². The Morgan fingerprint density at radius 3 is 2.43 bits per heavy atom. The molecule has 0 fully saturated rings. The highest BCUT2D eigenvalue weighted by Crippen LogP contribution is 2.22. The SMILES string of the molecule is C=CCCC(CC(C)(C)C)NCCC. The van der Waals surface area contributed by atoms with Gasteiger partial charge in [0.25, 0.3) is 0 Å². The summed E-state index contributed by atoms with van der Waals surface area (Å²) in [4.78, 5) is 0. The topological polar surface area (TPSA) is 12.0 Å². The molecule has 0 spiro atoms. The van der Waals surface area contributed by atoms with Gasteiger partial charge in [0.15, 0.2) is 0 Å². The minimum Gasteiger partial charge on any atom is -0.314 e. The fourth-order valence-electron chi connectivity index (χ4n) is 1.68. The quantitative estimate of drug-likeness (QED) is 0.613. The molecule has 14 heavy (non-hydrogen) atoms. The van der Waals surface area contributed by atoms with Crippen LogP contribution >= 0.6 is 0 Å². The molecule has 0 amide bonds. The fraction of sp³-hybridized carbons (Fsp3) is 0.846. The Labute approximate surface area is 90.0 Å². The van der Waals surface area contributed by atoms with Crippen LogP contribution in [0.2, 0.25) is 0 Å². The van der Waals surface area contributed by atoms with E-state index in [1.807, 2.05) is 6.08 Å². The fourth-order valence-corrected chi connectivity index (χ4v) is 1.68. The highest BCUT2D eigenvalue weighted by molar-refractivity contribution is 4.78. The zero-order valence-corrected chi connectivity index (χ0v) is 10.4. The maximum atomic E-state index is 3.78. The number of nitrogens with one attached hydrogen (secondary N) is 1. The Morgan fingerprint density at radius 1 is 1.36 bits per heavy atom. The average molecular weight is 197 g/mol. The molecule has 0 saturated carbocycles. The van der Waals surface area contributed by atoms with Gasteiger partial charge in [-0.25, -0.2) is 0 Å². The molecule has 1 nitrogen and oxygen atoms in total. The predicted molar refractivity (Wildman–Crippen MR) is 65.6 cm³/mol. The first kappa shape index (κ1) is 13.7. The van der Waals surface area contributed by atoms with Crippen LogP contribution in [0.1, 0.15) is 53.4 Å². The summed E-state index contributed by atoms with van der Waals surface area (Å²) >= 11 is 0. The minimum absolute atomic E-state index is 0.423.